The topological polar surface area (TPSA) is 0 Å². The van der Waals surface area contributed by atoms with Crippen LogP contribution in [0.5, 0.6) is 0 Å². The van der Waals surface area contributed by atoms with Crippen LogP contribution in [0.15, 0.2) is 48.5 Å². The third-order valence-corrected chi connectivity index (χ3v) is 14.8. The number of hydrogen-bond acceptors (Lipinski definition) is 0. The Morgan fingerprint density at radius 2 is 1.00 bits per heavy atom. The van der Waals surface area contributed by atoms with Crippen molar-refractivity contribution in [1.29, 1.82) is 0 Å². The molecule has 0 heterocycles. The van der Waals surface area contributed by atoms with Gasteiger partial charge in [0.25, 0.3) is 0 Å². The molecule has 0 aromatic heterocycles. The maximum atomic E-state index is 2.32. The summed E-state index contributed by atoms with van der Waals surface area (Å²) in [6.45, 7) is 4.48. The fourth-order valence-corrected chi connectivity index (χ4v) is 14.4. The summed E-state index contributed by atoms with van der Waals surface area (Å²) in [5.41, 5.74) is 2.98. The molecule has 2 aromatic rings. The first-order valence-electron chi connectivity index (χ1n) is 5.23. The van der Waals surface area contributed by atoms with Gasteiger partial charge in [-0.2, -0.15) is 0 Å². The SMILES string of the molecule is Cc1ccccc1[Te][Te]c1ccccc1C. The van der Waals surface area contributed by atoms with Crippen LogP contribution < -0.4 is 7.22 Å². The van der Waals surface area contributed by atoms with Crippen LogP contribution in [0.25, 0.3) is 0 Å². The summed E-state index contributed by atoms with van der Waals surface area (Å²) in [6.07, 6.45) is 0. The molecule has 2 rings (SSSR count). The molecule has 0 N–H and O–H groups in total. The van der Waals surface area contributed by atoms with E-state index in [1.54, 1.807) is 7.22 Å². The van der Waals surface area contributed by atoms with Crippen molar-refractivity contribution < 1.29 is 0 Å². The molecule has 0 fully saturated rings. The zero-order valence-corrected chi connectivity index (χ0v) is 14.1. The van der Waals surface area contributed by atoms with Crippen LogP contribution in [0.3, 0.4) is 0 Å². The summed E-state index contributed by atoms with van der Waals surface area (Å²) in [4.78, 5) is 0. The summed E-state index contributed by atoms with van der Waals surface area (Å²) in [7, 11) is 0. The number of rotatable bonds is 3. The summed E-state index contributed by atoms with van der Waals surface area (Å²) < 4.78 is 3.30. The van der Waals surface area contributed by atoms with Crippen molar-refractivity contribution in [2.45, 2.75) is 13.8 Å². The Morgan fingerprint density at radius 3 is 1.38 bits per heavy atom. The predicted octanol–water partition coefficient (Wildman–Crippen LogP) is 1.58. The van der Waals surface area contributed by atoms with Crippen molar-refractivity contribution >= 4 is 41.3 Å². The van der Waals surface area contributed by atoms with E-state index in [9.17, 15) is 0 Å². The first-order valence-corrected chi connectivity index (χ1v) is 14.9. The molecule has 16 heavy (non-hydrogen) atoms. The van der Waals surface area contributed by atoms with Gasteiger partial charge in [-0.1, -0.05) is 0 Å². The van der Waals surface area contributed by atoms with Crippen LogP contribution in [0.1, 0.15) is 11.1 Å². The molecule has 82 valence electrons. The van der Waals surface area contributed by atoms with Gasteiger partial charge < -0.3 is 0 Å². The van der Waals surface area contributed by atoms with Crippen LogP contribution >= 0.6 is 0 Å². The van der Waals surface area contributed by atoms with E-state index in [1.165, 1.54) is 11.1 Å². The monoisotopic (exact) mass is 442 g/mol. The van der Waals surface area contributed by atoms with Gasteiger partial charge in [-0.25, -0.2) is 0 Å². The van der Waals surface area contributed by atoms with E-state index >= 15 is 0 Å². The quantitative estimate of drug-likeness (QED) is 0.640. The average Bonchev–Trinajstić information content (AvgIpc) is 2.30. The Labute approximate surface area is 114 Å². The van der Waals surface area contributed by atoms with E-state index in [2.05, 4.69) is 62.4 Å². The van der Waals surface area contributed by atoms with Crippen LogP contribution in [0.4, 0.5) is 0 Å². The zero-order valence-electron chi connectivity index (χ0n) is 9.44. The van der Waals surface area contributed by atoms with Gasteiger partial charge in [-0.05, 0) is 0 Å². The van der Waals surface area contributed by atoms with E-state index in [-0.39, 0.29) is 34.1 Å². The molecule has 0 aliphatic rings. The molecule has 0 atom stereocenters. The number of hydrogen-bond donors (Lipinski definition) is 0. The molecule has 0 nitrogen and oxygen atoms in total. The Kier molecular flexibility index (Phi) is 4.75. The second kappa shape index (κ2) is 6.09. The third kappa shape index (κ3) is 3.25. The molecule has 2 aromatic carbocycles. The van der Waals surface area contributed by atoms with Gasteiger partial charge in [-0.15, -0.1) is 0 Å². The van der Waals surface area contributed by atoms with Crippen molar-refractivity contribution in [3.05, 3.63) is 59.7 Å². The van der Waals surface area contributed by atoms with Gasteiger partial charge in [-0.3, -0.25) is 0 Å². The molecule has 0 saturated heterocycles. The molecular weight excluding hydrogens is 423 g/mol. The molecule has 0 aliphatic heterocycles. The molecule has 0 saturated carbocycles. The molecular formula is C14H14Te2. The van der Waals surface area contributed by atoms with Crippen molar-refractivity contribution in [1.82, 2.24) is 0 Å². The minimum absolute atomic E-state index is 0.0530. The zero-order chi connectivity index (χ0) is 11.4. The molecule has 0 bridgehead atoms. The van der Waals surface area contributed by atoms with Gasteiger partial charge in [0, 0.05) is 0 Å². The van der Waals surface area contributed by atoms with Gasteiger partial charge >= 0.3 is 115 Å². The fraction of sp³-hybridized carbons (Fsp3) is 0.143. The van der Waals surface area contributed by atoms with E-state index in [1.807, 2.05) is 0 Å². The maximum absolute atomic E-state index is 2.32. The van der Waals surface area contributed by atoms with E-state index in [4.69, 9.17) is 0 Å². The molecule has 0 amide bonds. The van der Waals surface area contributed by atoms with Gasteiger partial charge in [0.2, 0.25) is 0 Å². The van der Waals surface area contributed by atoms with E-state index in [0.717, 1.165) is 0 Å². The van der Waals surface area contributed by atoms with Gasteiger partial charge in [0.05, 0.1) is 0 Å². The Morgan fingerprint density at radius 1 is 0.625 bits per heavy atom. The van der Waals surface area contributed by atoms with Crippen molar-refractivity contribution in [3.63, 3.8) is 0 Å². The van der Waals surface area contributed by atoms with Crippen LogP contribution in [-0.4, -0.2) is 34.1 Å². The molecule has 0 unspecified atom stereocenters. The molecule has 0 radical (unpaired) electrons. The molecule has 2 heteroatoms. The average molecular weight is 437 g/mol. The van der Waals surface area contributed by atoms with Crippen LogP contribution in [-0.2, 0) is 0 Å². The predicted molar refractivity (Wildman–Crippen MR) is 73.1 cm³/mol. The Hall–Kier alpha value is 0.0192. The third-order valence-electron chi connectivity index (χ3n) is 2.41. The van der Waals surface area contributed by atoms with E-state index in [0.29, 0.717) is 0 Å². The van der Waals surface area contributed by atoms with Gasteiger partial charge in [0.1, 0.15) is 0 Å². The minimum atomic E-state index is 0.0530. The van der Waals surface area contributed by atoms with E-state index < -0.39 is 0 Å². The van der Waals surface area contributed by atoms with Gasteiger partial charge in [0.15, 0.2) is 0 Å². The Balaban J connectivity index is 2.09. The van der Waals surface area contributed by atoms with Crippen molar-refractivity contribution in [2.24, 2.45) is 0 Å². The number of benzene rings is 2. The summed E-state index contributed by atoms with van der Waals surface area (Å²) >= 11 is 0.106. The summed E-state index contributed by atoms with van der Waals surface area (Å²) in [5, 5.41) is 0. The fourth-order valence-electron chi connectivity index (χ4n) is 1.39. The Bertz CT molecular complexity index is 432. The molecule has 0 spiro atoms. The first-order chi connectivity index (χ1) is 7.77. The van der Waals surface area contributed by atoms with Crippen molar-refractivity contribution in [2.75, 3.05) is 0 Å². The second-order valence-electron chi connectivity index (χ2n) is 3.70. The summed E-state index contributed by atoms with van der Waals surface area (Å²) in [6, 6.07) is 17.8. The normalized spacial score (nSPS) is 10.4. The standard InChI is InChI=1S/C14H14Te2/c1-11-7-3-5-9-13(11)15-16-14-10-6-4-8-12(14)2/h3-10H,1-2H3. The summed E-state index contributed by atoms with van der Waals surface area (Å²) in [5.74, 6) is 0. The van der Waals surface area contributed by atoms with Crippen molar-refractivity contribution in [3.8, 4) is 0 Å². The van der Waals surface area contributed by atoms with Crippen LogP contribution in [0.2, 0.25) is 0 Å². The molecule has 0 aliphatic carbocycles. The second-order valence-corrected chi connectivity index (χ2v) is 13.5. The number of aryl methyl sites for hydroxylation is 2. The first kappa shape index (κ1) is 12.5. The van der Waals surface area contributed by atoms with Crippen LogP contribution in [0, 0.1) is 13.8 Å².